The zero-order valence-electron chi connectivity index (χ0n) is 11.5. The van der Waals surface area contributed by atoms with E-state index in [1.54, 1.807) is 6.20 Å². The van der Waals surface area contributed by atoms with E-state index in [1.807, 2.05) is 12.1 Å². The summed E-state index contributed by atoms with van der Waals surface area (Å²) in [4.78, 5) is 0. The standard InChI is InChI=1S/C16H18N4/c1-2-11-5-3-4-6-12(11)9-18-16-8-15-13(7-14(16)17)10-19-20-15/h3-8,10,18H,2,9,17H2,1H3,(H,19,20). The fourth-order valence-electron chi connectivity index (χ4n) is 2.43. The van der Waals surface area contributed by atoms with Gasteiger partial charge in [-0.05, 0) is 29.7 Å². The van der Waals surface area contributed by atoms with E-state index in [-0.39, 0.29) is 0 Å². The number of fused-ring (bicyclic) bond motifs is 1. The van der Waals surface area contributed by atoms with Gasteiger partial charge in [-0.1, -0.05) is 31.2 Å². The van der Waals surface area contributed by atoms with E-state index >= 15 is 0 Å². The van der Waals surface area contributed by atoms with Crippen molar-refractivity contribution < 1.29 is 0 Å². The summed E-state index contributed by atoms with van der Waals surface area (Å²) in [5.41, 5.74) is 11.4. The molecule has 4 nitrogen and oxygen atoms in total. The molecule has 0 saturated heterocycles. The van der Waals surface area contributed by atoms with Crippen molar-refractivity contribution in [1.29, 1.82) is 0 Å². The molecule has 3 rings (SSSR count). The number of nitrogen functional groups attached to an aromatic ring is 1. The lowest BCUT2D eigenvalue weighted by Gasteiger charge is -2.12. The third-order valence-corrected chi connectivity index (χ3v) is 3.58. The predicted octanol–water partition coefficient (Wildman–Crippen LogP) is 3.32. The number of hydrogen-bond acceptors (Lipinski definition) is 3. The van der Waals surface area contributed by atoms with Crippen LogP contribution in [0.15, 0.2) is 42.6 Å². The molecule has 1 heterocycles. The Balaban J connectivity index is 1.84. The van der Waals surface area contributed by atoms with E-state index in [4.69, 9.17) is 5.73 Å². The van der Waals surface area contributed by atoms with Crippen LogP contribution < -0.4 is 11.1 Å². The molecule has 4 heteroatoms. The van der Waals surface area contributed by atoms with Gasteiger partial charge in [0.2, 0.25) is 0 Å². The van der Waals surface area contributed by atoms with Crippen molar-refractivity contribution in [3.05, 3.63) is 53.7 Å². The highest BCUT2D eigenvalue weighted by molar-refractivity contribution is 5.88. The molecule has 2 aromatic carbocycles. The van der Waals surface area contributed by atoms with Crippen molar-refractivity contribution in [2.45, 2.75) is 19.9 Å². The van der Waals surface area contributed by atoms with Crippen LogP contribution in [-0.2, 0) is 13.0 Å². The lowest BCUT2D eigenvalue weighted by Crippen LogP contribution is -2.04. The SMILES string of the molecule is CCc1ccccc1CNc1cc2[nH]ncc2cc1N. The van der Waals surface area contributed by atoms with Crippen molar-refractivity contribution >= 4 is 22.3 Å². The van der Waals surface area contributed by atoms with Gasteiger partial charge in [-0.3, -0.25) is 5.10 Å². The van der Waals surface area contributed by atoms with Gasteiger partial charge in [-0.15, -0.1) is 0 Å². The van der Waals surface area contributed by atoms with Gasteiger partial charge in [0.25, 0.3) is 0 Å². The van der Waals surface area contributed by atoms with Crippen molar-refractivity contribution in [3.63, 3.8) is 0 Å². The quantitative estimate of drug-likeness (QED) is 0.635. The summed E-state index contributed by atoms with van der Waals surface area (Å²) in [5, 5.41) is 11.4. The van der Waals surface area contributed by atoms with Crippen molar-refractivity contribution in [2.75, 3.05) is 11.1 Å². The molecule has 0 aliphatic rings. The minimum atomic E-state index is 0.743. The molecule has 0 saturated carbocycles. The fourth-order valence-corrected chi connectivity index (χ4v) is 2.43. The number of H-pyrrole nitrogens is 1. The van der Waals surface area contributed by atoms with Crippen LogP contribution in [0.25, 0.3) is 10.9 Å². The first-order valence-corrected chi connectivity index (χ1v) is 6.81. The summed E-state index contributed by atoms with van der Waals surface area (Å²) in [6.45, 7) is 2.94. The number of nitrogens with zero attached hydrogens (tertiary/aromatic N) is 1. The first-order chi connectivity index (χ1) is 9.78. The Kier molecular flexibility index (Phi) is 3.29. The van der Waals surface area contributed by atoms with Gasteiger partial charge >= 0.3 is 0 Å². The summed E-state index contributed by atoms with van der Waals surface area (Å²) in [6, 6.07) is 12.4. The Morgan fingerprint density at radius 2 is 2.00 bits per heavy atom. The lowest BCUT2D eigenvalue weighted by atomic mass is 10.1. The first-order valence-electron chi connectivity index (χ1n) is 6.81. The minimum Gasteiger partial charge on any atom is -0.397 e. The Morgan fingerprint density at radius 3 is 2.80 bits per heavy atom. The van der Waals surface area contributed by atoms with E-state index in [0.717, 1.165) is 35.2 Å². The Labute approximate surface area is 118 Å². The van der Waals surface area contributed by atoms with Gasteiger partial charge < -0.3 is 11.1 Å². The number of aryl methyl sites for hydroxylation is 1. The van der Waals surface area contributed by atoms with Gasteiger partial charge in [0.15, 0.2) is 0 Å². The number of nitrogens with two attached hydrogens (primary N) is 1. The highest BCUT2D eigenvalue weighted by Crippen LogP contribution is 2.25. The fraction of sp³-hybridized carbons (Fsp3) is 0.188. The molecule has 0 bridgehead atoms. The largest absolute Gasteiger partial charge is 0.397 e. The van der Waals surface area contributed by atoms with E-state index in [2.05, 4.69) is 46.7 Å². The molecule has 0 radical (unpaired) electrons. The molecule has 0 amide bonds. The van der Waals surface area contributed by atoms with Crippen LogP contribution in [0.4, 0.5) is 11.4 Å². The molecular weight excluding hydrogens is 248 g/mol. The number of anilines is 2. The topological polar surface area (TPSA) is 66.7 Å². The van der Waals surface area contributed by atoms with Gasteiger partial charge in [0.05, 0.1) is 23.1 Å². The Hall–Kier alpha value is -2.49. The summed E-state index contributed by atoms with van der Waals surface area (Å²) in [5.74, 6) is 0. The second-order valence-corrected chi connectivity index (χ2v) is 4.87. The van der Waals surface area contributed by atoms with Gasteiger partial charge in [0, 0.05) is 11.9 Å². The maximum absolute atomic E-state index is 6.08. The van der Waals surface area contributed by atoms with Crippen LogP contribution in [0.2, 0.25) is 0 Å². The van der Waals surface area contributed by atoms with Crippen LogP contribution in [0.1, 0.15) is 18.1 Å². The molecule has 1 aromatic heterocycles. The monoisotopic (exact) mass is 266 g/mol. The van der Waals surface area contributed by atoms with Crippen LogP contribution in [0, 0.1) is 0 Å². The molecule has 0 fully saturated rings. The average Bonchev–Trinajstić information content (AvgIpc) is 2.92. The molecule has 0 unspecified atom stereocenters. The molecule has 0 spiro atoms. The molecular formula is C16H18N4. The molecule has 3 aromatic rings. The lowest BCUT2D eigenvalue weighted by molar-refractivity contribution is 1.04. The number of aromatic amines is 1. The Bertz CT molecular complexity index is 730. The number of benzene rings is 2. The summed E-state index contributed by atoms with van der Waals surface area (Å²) < 4.78 is 0. The van der Waals surface area contributed by atoms with E-state index in [1.165, 1.54) is 11.1 Å². The predicted molar refractivity (Wildman–Crippen MR) is 83.7 cm³/mol. The molecule has 0 aliphatic heterocycles. The number of nitrogens with one attached hydrogen (secondary N) is 2. The van der Waals surface area contributed by atoms with Gasteiger partial charge in [-0.25, -0.2) is 0 Å². The number of aromatic nitrogens is 2. The maximum atomic E-state index is 6.08. The second-order valence-electron chi connectivity index (χ2n) is 4.87. The van der Waals surface area contributed by atoms with Crippen LogP contribution in [0.5, 0.6) is 0 Å². The third kappa shape index (κ3) is 2.32. The molecule has 102 valence electrons. The van der Waals surface area contributed by atoms with Gasteiger partial charge in [-0.2, -0.15) is 5.10 Å². The van der Waals surface area contributed by atoms with Crippen LogP contribution >= 0.6 is 0 Å². The molecule has 4 N–H and O–H groups in total. The summed E-state index contributed by atoms with van der Waals surface area (Å²) >= 11 is 0. The highest BCUT2D eigenvalue weighted by Gasteiger charge is 2.05. The third-order valence-electron chi connectivity index (χ3n) is 3.58. The maximum Gasteiger partial charge on any atom is 0.0672 e. The van der Waals surface area contributed by atoms with Crippen LogP contribution in [-0.4, -0.2) is 10.2 Å². The summed E-state index contributed by atoms with van der Waals surface area (Å²) in [6.07, 6.45) is 2.81. The number of rotatable bonds is 4. The van der Waals surface area contributed by atoms with Crippen molar-refractivity contribution in [3.8, 4) is 0 Å². The summed E-state index contributed by atoms with van der Waals surface area (Å²) in [7, 11) is 0. The van der Waals surface area contributed by atoms with Crippen molar-refractivity contribution in [1.82, 2.24) is 10.2 Å². The molecule has 0 aliphatic carbocycles. The minimum absolute atomic E-state index is 0.743. The Morgan fingerprint density at radius 1 is 1.20 bits per heavy atom. The first kappa shape index (κ1) is 12.5. The van der Waals surface area contributed by atoms with Crippen LogP contribution in [0.3, 0.4) is 0 Å². The number of hydrogen-bond donors (Lipinski definition) is 3. The average molecular weight is 266 g/mol. The van der Waals surface area contributed by atoms with Gasteiger partial charge in [0.1, 0.15) is 0 Å². The van der Waals surface area contributed by atoms with Crippen molar-refractivity contribution in [2.24, 2.45) is 0 Å². The zero-order valence-corrected chi connectivity index (χ0v) is 11.5. The smallest absolute Gasteiger partial charge is 0.0672 e. The molecule has 0 atom stereocenters. The van der Waals surface area contributed by atoms with E-state index in [0.29, 0.717) is 0 Å². The van der Waals surface area contributed by atoms with E-state index in [9.17, 15) is 0 Å². The van der Waals surface area contributed by atoms with E-state index < -0.39 is 0 Å². The second kappa shape index (κ2) is 5.25. The normalized spacial score (nSPS) is 10.8. The highest BCUT2D eigenvalue weighted by atomic mass is 15.1. The zero-order chi connectivity index (χ0) is 13.9. The molecule has 20 heavy (non-hydrogen) atoms.